The normalized spacial score (nSPS) is 18.2. The number of benzene rings is 2. The smallest absolute Gasteiger partial charge is 0.243 e. The SMILES string of the molecule is CC1(C)C(=O)N(CC(=O)NCCc2ccccc2)c2ccc(S(=O)(=O)N3CCOCC3)cc21. The number of rotatable bonds is 7. The summed E-state index contributed by atoms with van der Waals surface area (Å²) in [6.07, 6.45) is 0.700. The van der Waals surface area contributed by atoms with Crippen LogP contribution in [0.1, 0.15) is 25.0 Å². The summed E-state index contributed by atoms with van der Waals surface area (Å²) < 4.78 is 32.8. The molecule has 1 fully saturated rings. The van der Waals surface area contributed by atoms with E-state index in [1.165, 1.54) is 15.3 Å². The van der Waals surface area contributed by atoms with Gasteiger partial charge in [0.1, 0.15) is 6.54 Å². The van der Waals surface area contributed by atoms with Crippen molar-refractivity contribution in [3.63, 3.8) is 0 Å². The number of amides is 2. The highest BCUT2D eigenvalue weighted by atomic mass is 32.2. The van der Waals surface area contributed by atoms with Gasteiger partial charge < -0.3 is 15.0 Å². The molecule has 0 unspecified atom stereocenters. The number of hydrogen-bond donors (Lipinski definition) is 1. The Kier molecular flexibility index (Phi) is 6.56. The number of nitrogens with one attached hydrogen (secondary N) is 1. The molecule has 2 aliphatic heterocycles. The fourth-order valence-electron chi connectivity index (χ4n) is 4.26. The monoisotopic (exact) mass is 471 g/mol. The van der Waals surface area contributed by atoms with Gasteiger partial charge in [-0.1, -0.05) is 30.3 Å². The molecule has 2 aromatic rings. The standard InChI is InChI=1S/C24H29N3O5S/c1-24(2)20-16-19(33(30,31)26-12-14-32-15-13-26)8-9-21(20)27(23(24)29)17-22(28)25-11-10-18-6-4-3-5-7-18/h3-9,16H,10-15,17H2,1-2H3,(H,25,28). The van der Waals surface area contributed by atoms with E-state index in [4.69, 9.17) is 4.74 Å². The summed E-state index contributed by atoms with van der Waals surface area (Å²) in [4.78, 5) is 27.3. The first-order chi connectivity index (χ1) is 15.7. The minimum atomic E-state index is -3.69. The van der Waals surface area contributed by atoms with Crippen molar-refractivity contribution in [1.82, 2.24) is 9.62 Å². The van der Waals surface area contributed by atoms with Crippen molar-refractivity contribution in [1.29, 1.82) is 0 Å². The van der Waals surface area contributed by atoms with Gasteiger partial charge in [0.25, 0.3) is 0 Å². The lowest BCUT2D eigenvalue weighted by atomic mass is 9.86. The van der Waals surface area contributed by atoms with E-state index in [2.05, 4.69) is 5.32 Å². The zero-order chi connectivity index (χ0) is 23.6. The van der Waals surface area contributed by atoms with E-state index in [1.807, 2.05) is 30.3 Å². The number of fused-ring (bicyclic) bond motifs is 1. The zero-order valence-electron chi connectivity index (χ0n) is 18.9. The van der Waals surface area contributed by atoms with Gasteiger partial charge in [-0.3, -0.25) is 9.59 Å². The van der Waals surface area contributed by atoms with Gasteiger partial charge in [-0.2, -0.15) is 4.31 Å². The number of ether oxygens (including phenoxy) is 1. The first-order valence-electron chi connectivity index (χ1n) is 11.1. The summed E-state index contributed by atoms with van der Waals surface area (Å²) in [5, 5.41) is 2.87. The number of carbonyl (C=O) groups excluding carboxylic acids is 2. The van der Waals surface area contributed by atoms with E-state index in [0.29, 0.717) is 50.5 Å². The van der Waals surface area contributed by atoms with Crippen molar-refractivity contribution in [2.75, 3.05) is 44.3 Å². The lowest BCUT2D eigenvalue weighted by Crippen LogP contribution is -2.43. The molecule has 0 atom stereocenters. The average Bonchev–Trinajstić information content (AvgIpc) is 3.00. The first-order valence-corrected chi connectivity index (χ1v) is 12.5. The molecular formula is C24H29N3O5S. The number of sulfonamides is 1. The molecular weight excluding hydrogens is 442 g/mol. The molecule has 0 saturated carbocycles. The van der Waals surface area contributed by atoms with E-state index >= 15 is 0 Å². The topological polar surface area (TPSA) is 96.0 Å². The molecule has 33 heavy (non-hydrogen) atoms. The number of carbonyl (C=O) groups is 2. The summed E-state index contributed by atoms with van der Waals surface area (Å²) in [7, 11) is -3.69. The van der Waals surface area contributed by atoms with Gasteiger partial charge in [-0.15, -0.1) is 0 Å². The van der Waals surface area contributed by atoms with E-state index in [0.717, 1.165) is 5.56 Å². The zero-order valence-corrected chi connectivity index (χ0v) is 19.7. The van der Waals surface area contributed by atoms with Crippen molar-refractivity contribution in [3.05, 3.63) is 59.7 Å². The minimum Gasteiger partial charge on any atom is -0.379 e. The highest BCUT2D eigenvalue weighted by Gasteiger charge is 2.45. The Morgan fingerprint density at radius 2 is 1.79 bits per heavy atom. The fourth-order valence-corrected chi connectivity index (χ4v) is 5.69. The Balaban J connectivity index is 1.49. The Bertz CT molecular complexity index is 1140. The molecule has 9 heteroatoms. The van der Waals surface area contributed by atoms with Crippen molar-refractivity contribution in [2.45, 2.75) is 30.6 Å². The van der Waals surface area contributed by atoms with Gasteiger partial charge in [-0.05, 0) is 49.6 Å². The largest absolute Gasteiger partial charge is 0.379 e. The quantitative estimate of drug-likeness (QED) is 0.663. The minimum absolute atomic E-state index is 0.111. The van der Waals surface area contributed by atoms with Crippen LogP contribution in [0.4, 0.5) is 5.69 Å². The molecule has 2 aromatic carbocycles. The second kappa shape index (κ2) is 9.24. The van der Waals surface area contributed by atoms with Crippen LogP contribution in [0.3, 0.4) is 0 Å². The predicted octanol–water partition coefficient (Wildman–Crippen LogP) is 1.69. The molecule has 8 nitrogen and oxygen atoms in total. The molecule has 0 aromatic heterocycles. The Hall–Kier alpha value is -2.75. The third-order valence-electron chi connectivity index (χ3n) is 6.20. The third-order valence-corrected chi connectivity index (χ3v) is 8.09. The predicted molar refractivity (Wildman–Crippen MR) is 125 cm³/mol. The summed E-state index contributed by atoms with van der Waals surface area (Å²) in [5.74, 6) is -0.482. The average molecular weight is 472 g/mol. The summed E-state index contributed by atoms with van der Waals surface area (Å²) in [5.41, 5.74) is 1.37. The Morgan fingerprint density at radius 1 is 1.09 bits per heavy atom. The van der Waals surface area contributed by atoms with Crippen LogP contribution in [0.2, 0.25) is 0 Å². The number of nitrogens with zero attached hydrogens (tertiary/aromatic N) is 2. The molecule has 176 valence electrons. The summed E-state index contributed by atoms with van der Waals surface area (Å²) >= 11 is 0. The molecule has 1 saturated heterocycles. The second-order valence-corrected chi connectivity index (χ2v) is 10.7. The van der Waals surface area contributed by atoms with Crippen LogP contribution in [0.25, 0.3) is 0 Å². The number of morpholine rings is 1. The Labute approximate surface area is 194 Å². The highest BCUT2D eigenvalue weighted by Crippen LogP contribution is 2.42. The molecule has 1 N–H and O–H groups in total. The van der Waals surface area contributed by atoms with Crippen LogP contribution in [0.5, 0.6) is 0 Å². The van der Waals surface area contributed by atoms with Gasteiger partial charge in [0.15, 0.2) is 0 Å². The molecule has 4 rings (SSSR count). The van der Waals surface area contributed by atoms with Crippen LogP contribution in [-0.2, 0) is 36.2 Å². The second-order valence-electron chi connectivity index (χ2n) is 8.80. The molecule has 0 spiro atoms. The van der Waals surface area contributed by atoms with E-state index in [9.17, 15) is 18.0 Å². The van der Waals surface area contributed by atoms with Crippen LogP contribution in [0, 0.1) is 0 Å². The van der Waals surface area contributed by atoms with E-state index in [-0.39, 0.29) is 23.3 Å². The molecule has 0 aliphatic carbocycles. The van der Waals surface area contributed by atoms with Crippen molar-refractivity contribution >= 4 is 27.5 Å². The fraction of sp³-hybridized carbons (Fsp3) is 0.417. The lowest BCUT2D eigenvalue weighted by Gasteiger charge is -2.26. The van der Waals surface area contributed by atoms with Crippen LogP contribution < -0.4 is 10.2 Å². The molecule has 2 amide bonds. The first kappa shape index (κ1) is 23.4. The van der Waals surface area contributed by atoms with Crippen LogP contribution in [0.15, 0.2) is 53.4 Å². The maximum absolute atomic E-state index is 13.1. The third kappa shape index (κ3) is 4.66. The van der Waals surface area contributed by atoms with Crippen molar-refractivity contribution < 1.29 is 22.7 Å². The lowest BCUT2D eigenvalue weighted by molar-refractivity contribution is -0.125. The Morgan fingerprint density at radius 3 is 2.48 bits per heavy atom. The van der Waals surface area contributed by atoms with Crippen molar-refractivity contribution in [3.8, 4) is 0 Å². The maximum Gasteiger partial charge on any atom is 0.243 e. The molecule has 0 bridgehead atoms. The van der Waals surface area contributed by atoms with Gasteiger partial charge in [0.05, 0.1) is 23.5 Å². The van der Waals surface area contributed by atoms with Crippen molar-refractivity contribution in [2.24, 2.45) is 0 Å². The summed E-state index contributed by atoms with van der Waals surface area (Å²) in [6, 6.07) is 14.6. The number of hydrogen-bond acceptors (Lipinski definition) is 5. The highest BCUT2D eigenvalue weighted by molar-refractivity contribution is 7.89. The molecule has 2 heterocycles. The van der Waals surface area contributed by atoms with Gasteiger partial charge in [-0.25, -0.2) is 8.42 Å². The van der Waals surface area contributed by atoms with Gasteiger partial charge in [0, 0.05) is 25.3 Å². The van der Waals surface area contributed by atoms with E-state index in [1.54, 1.807) is 26.0 Å². The number of anilines is 1. The van der Waals surface area contributed by atoms with E-state index < -0.39 is 15.4 Å². The maximum atomic E-state index is 13.1. The van der Waals surface area contributed by atoms with Gasteiger partial charge >= 0.3 is 0 Å². The van der Waals surface area contributed by atoms with Crippen LogP contribution in [-0.4, -0.2) is 63.9 Å². The molecule has 0 radical (unpaired) electrons. The molecule has 2 aliphatic rings. The van der Waals surface area contributed by atoms with Crippen LogP contribution >= 0.6 is 0 Å². The van der Waals surface area contributed by atoms with Gasteiger partial charge in [0.2, 0.25) is 21.8 Å². The summed E-state index contributed by atoms with van der Waals surface area (Å²) in [6.45, 7) is 5.20.